The van der Waals surface area contributed by atoms with Gasteiger partial charge >= 0.3 is 0 Å². The molecule has 1 heterocycles. The van der Waals surface area contributed by atoms with Crippen molar-refractivity contribution in [2.45, 2.75) is 84.3 Å². The topological polar surface area (TPSA) is 15.3 Å². The predicted molar refractivity (Wildman–Crippen MR) is 78.9 cm³/mol. The molecule has 2 aliphatic rings. The first kappa shape index (κ1) is 14.3. The van der Waals surface area contributed by atoms with E-state index in [4.69, 9.17) is 0 Å². The quantitative estimate of drug-likeness (QED) is 0.810. The van der Waals surface area contributed by atoms with Crippen molar-refractivity contribution in [3.8, 4) is 0 Å². The van der Waals surface area contributed by atoms with Crippen LogP contribution in [0, 0.1) is 5.41 Å². The molecule has 2 heteroatoms. The smallest absolute Gasteiger partial charge is 0.0253 e. The van der Waals surface area contributed by atoms with Gasteiger partial charge in [-0.1, -0.05) is 27.2 Å². The third-order valence-corrected chi connectivity index (χ3v) is 4.98. The first-order valence-electron chi connectivity index (χ1n) is 7.84. The van der Waals surface area contributed by atoms with Gasteiger partial charge in [0.25, 0.3) is 0 Å². The van der Waals surface area contributed by atoms with Crippen molar-refractivity contribution in [2.24, 2.45) is 5.41 Å². The molecule has 2 fully saturated rings. The van der Waals surface area contributed by atoms with E-state index in [1.165, 1.54) is 45.2 Å². The molecule has 0 aromatic carbocycles. The lowest BCUT2D eigenvalue weighted by molar-refractivity contribution is 0.0122. The van der Waals surface area contributed by atoms with Crippen molar-refractivity contribution in [1.29, 1.82) is 0 Å². The lowest BCUT2D eigenvalue weighted by Gasteiger charge is -2.51. The summed E-state index contributed by atoms with van der Waals surface area (Å²) in [6.07, 6.45) is 6.91. The maximum Gasteiger partial charge on any atom is 0.0253 e. The van der Waals surface area contributed by atoms with Gasteiger partial charge in [0, 0.05) is 30.7 Å². The summed E-state index contributed by atoms with van der Waals surface area (Å²) in [5.74, 6) is 0. The van der Waals surface area contributed by atoms with Crippen LogP contribution in [-0.2, 0) is 0 Å². The van der Waals surface area contributed by atoms with Gasteiger partial charge in [-0.2, -0.15) is 0 Å². The van der Waals surface area contributed by atoms with Crippen LogP contribution >= 0.6 is 0 Å². The summed E-state index contributed by atoms with van der Waals surface area (Å²) in [5, 5.41) is 3.71. The van der Waals surface area contributed by atoms with Gasteiger partial charge in [-0.05, 0) is 44.9 Å². The molecule has 1 N–H and O–H groups in total. The maximum absolute atomic E-state index is 3.71. The van der Waals surface area contributed by atoms with Gasteiger partial charge in [-0.25, -0.2) is 0 Å². The molecule has 0 aromatic rings. The average Bonchev–Trinajstić information content (AvgIpc) is 2.26. The van der Waals surface area contributed by atoms with Crippen molar-refractivity contribution in [3.05, 3.63) is 0 Å². The van der Waals surface area contributed by atoms with Gasteiger partial charge in [0.2, 0.25) is 0 Å². The molecule has 0 radical (unpaired) electrons. The highest BCUT2D eigenvalue weighted by Crippen LogP contribution is 2.39. The first-order valence-corrected chi connectivity index (χ1v) is 7.84. The molecular formula is C16H32N2. The zero-order chi connectivity index (χ0) is 13.4. The van der Waals surface area contributed by atoms with E-state index in [-0.39, 0.29) is 5.54 Å². The Bertz CT molecular complexity index is 283. The molecular weight excluding hydrogens is 220 g/mol. The highest BCUT2D eigenvalue weighted by molar-refractivity contribution is 4.96. The second kappa shape index (κ2) is 5.13. The molecule has 0 aromatic heterocycles. The molecule has 1 aliphatic heterocycles. The molecule has 2 atom stereocenters. The lowest BCUT2D eigenvalue weighted by atomic mass is 9.74. The third kappa shape index (κ3) is 3.27. The second-order valence-electron chi connectivity index (χ2n) is 7.91. The second-order valence-corrected chi connectivity index (χ2v) is 7.91. The maximum atomic E-state index is 3.71. The van der Waals surface area contributed by atoms with E-state index in [2.05, 4.69) is 44.8 Å². The molecule has 1 saturated heterocycles. The van der Waals surface area contributed by atoms with Crippen molar-refractivity contribution >= 4 is 0 Å². The van der Waals surface area contributed by atoms with Crippen molar-refractivity contribution < 1.29 is 0 Å². The fourth-order valence-corrected chi connectivity index (χ4v) is 3.90. The number of hydrogen-bond acceptors (Lipinski definition) is 2. The van der Waals surface area contributed by atoms with Crippen LogP contribution in [0.1, 0.15) is 66.7 Å². The van der Waals surface area contributed by atoms with Crippen LogP contribution in [0.15, 0.2) is 0 Å². The molecule has 1 aliphatic carbocycles. The van der Waals surface area contributed by atoms with E-state index in [0.717, 1.165) is 12.1 Å². The minimum absolute atomic E-state index is 0.285. The molecule has 0 bridgehead atoms. The van der Waals surface area contributed by atoms with Crippen molar-refractivity contribution in [3.63, 3.8) is 0 Å². The van der Waals surface area contributed by atoms with Gasteiger partial charge in [0.05, 0.1) is 0 Å². The summed E-state index contributed by atoms with van der Waals surface area (Å²) in [5.41, 5.74) is 0.837. The van der Waals surface area contributed by atoms with E-state index < -0.39 is 0 Å². The third-order valence-electron chi connectivity index (χ3n) is 4.98. The zero-order valence-corrected chi connectivity index (χ0v) is 13.1. The molecule has 2 nitrogen and oxygen atoms in total. The number of nitrogens with one attached hydrogen (secondary N) is 1. The molecule has 0 spiro atoms. The van der Waals surface area contributed by atoms with Gasteiger partial charge in [0.1, 0.15) is 0 Å². The SMILES string of the molecule is CCC1CNC(C)(C)CN1C1CCCC(C)(C)C1. The van der Waals surface area contributed by atoms with Gasteiger partial charge < -0.3 is 5.32 Å². The molecule has 2 rings (SSSR count). The van der Waals surface area contributed by atoms with E-state index in [9.17, 15) is 0 Å². The Labute approximate surface area is 114 Å². The Hall–Kier alpha value is -0.0800. The molecule has 0 amide bonds. The van der Waals surface area contributed by atoms with Gasteiger partial charge in [-0.15, -0.1) is 0 Å². The van der Waals surface area contributed by atoms with Crippen LogP contribution in [-0.4, -0.2) is 35.6 Å². The van der Waals surface area contributed by atoms with Crippen LogP contribution in [0.5, 0.6) is 0 Å². The summed E-state index contributed by atoms with van der Waals surface area (Å²) >= 11 is 0. The van der Waals surface area contributed by atoms with E-state index in [1.54, 1.807) is 0 Å². The normalized spacial score (nSPS) is 36.5. The largest absolute Gasteiger partial charge is 0.309 e. The molecule has 18 heavy (non-hydrogen) atoms. The Morgan fingerprint density at radius 1 is 1.22 bits per heavy atom. The molecule has 106 valence electrons. The Morgan fingerprint density at radius 3 is 2.56 bits per heavy atom. The summed E-state index contributed by atoms with van der Waals surface area (Å²) in [6, 6.07) is 1.57. The monoisotopic (exact) mass is 252 g/mol. The highest BCUT2D eigenvalue weighted by atomic mass is 15.3. The van der Waals surface area contributed by atoms with Crippen LogP contribution in [0.3, 0.4) is 0 Å². The summed E-state index contributed by atoms with van der Waals surface area (Å²) in [6.45, 7) is 14.3. The van der Waals surface area contributed by atoms with Crippen molar-refractivity contribution in [1.82, 2.24) is 10.2 Å². The summed E-state index contributed by atoms with van der Waals surface area (Å²) in [7, 11) is 0. The van der Waals surface area contributed by atoms with Gasteiger partial charge in [-0.3, -0.25) is 4.90 Å². The summed E-state index contributed by atoms with van der Waals surface area (Å²) < 4.78 is 0. The van der Waals surface area contributed by atoms with E-state index in [1.807, 2.05) is 0 Å². The average molecular weight is 252 g/mol. The minimum atomic E-state index is 0.285. The fourth-order valence-electron chi connectivity index (χ4n) is 3.90. The Balaban J connectivity index is 2.08. The highest BCUT2D eigenvalue weighted by Gasteiger charge is 2.39. The number of piperazine rings is 1. The van der Waals surface area contributed by atoms with Crippen LogP contribution in [0.25, 0.3) is 0 Å². The summed E-state index contributed by atoms with van der Waals surface area (Å²) in [4.78, 5) is 2.83. The fraction of sp³-hybridized carbons (Fsp3) is 1.00. The number of hydrogen-bond donors (Lipinski definition) is 1. The zero-order valence-electron chi connectivity index (χ0n) is 13.1. The van der Waals surface area contributed by atoms with Crippen LogP contribution in [0.4, 0.5) is 0 Å². The number of nitrogens with zero attached hydrogens (tertiary/aromatic N) is 1. The van der Waals surface area contributed by atoms with Crippen LogP contribution in [0.2, 0.25) is 0 Å². The first-order chi connectivity index (χ1) is 8.33. The van der Waals surface area contributed by atoms with E-state index >= 15 is 0 Å². The Kier molecular flexibility index (Phi) is 4.08. The Morgan fingerprint density at radius 2 is 1.94 bits per heavy atom. The van der Waals surface area contributed by atoms with Gasteiger partial charge in [0.15, 0.2) is 0 Å². The number of rotatable bonds is 2. The lowest BCUT2D eigenvalue weighted by Crippen LogP contribution is -2.64. The molecule has 2 unspecified atom stereocenters. The van der Waals surface area contributed by atoms with E-state index in [0.29, 0.717) is 5.41 Å². The van der Waals surface area contributed by atoms with Crippen LogP contribution < -0.4 is 5.32 Å². The van der Waals surface area contributed by atoms with Crippen molar-refractivity contribution in [2.75, 3.05) is 13.1 Å². The predicted octanol–water partition coefficient (Wildman–Crippen LogP) is 3.42. The minimum Gasteiger partial charge on any atom is -0.309 e. The molecule has 1 saturated carbocycles. The standard InChI is InChI=1S/C16H32N2/c1-6-13-11-17-16(4,5)12-18(13)14-8-7-9-15(2,3)10-14/h13-14,17H,6-12H2,1-5H3.